The Morgan fingerprint density at radius 3 is 2.46 bits per heavy atom. The number of ether oxygens (including phenoxy) is 3. The average Bonchev–Trinajstić information content (AvgIpc) is 3.00. The Morgan fingerprint density at radius 2 is 1.79 bits per heavy atom. The molecule has 2 fully saturated rings. The highest BCUT2D eigenvalue weighted by Crippen LogP contribution is 2.43. The van der Waals surface area contributed by atoms with E-state index in [4.69, 9.17) is 14.2 Å². The van der Waals surface area contributed by atoms with Crippen molar-refractivity contribution < 1.29 is 34.0 Å². The summed E-state index contributed by atoms with van der Waals surface area (Å²) in [5.74, 6) is -2.73. The number of hydrogen-bond donors (Lipinski definition) is 2. The number of carboxylic acids is 2. The lowest BCUT2D eigenvalue weighted by Crippen LogP contribution is -2.55. The molecule has 0 radical (unpaired) electrons. The summed E-state index contributed by atoms with van der Waals surface area (Å²) in [5.41, 5.74) is 0.108. The van der Waals surface area contributed by atoms with Gasteiger partial charge in [-0.05, 0) is 12.1 Å². The number of benzene rings is 1. The van der Waals surface area contributed by atoms with Crippen molar-refractivity contribution >= 4 is 17.6 Å². The number of carboxylic acid groups (broad SMARTS) is 2. The second kappa shape index (κ2) is 5.35. The molecule has 8 nitrogen and oxygen atoms in total. The standard InChI is InChI=1S/C16H17NO7/c18-14(19)10-5-12-13(6-11(10)15(20)21)22-8-9-7-16(1-2-17(9)12)23-3-4-24-16/h5-6,9H,1-4,7-8H2,(H,18,19)(H,20,21)/t9-/m0/s1. The Hall–Kier alpha value is -2.32. The number of hydrogen-bond acceptors (Lipinski definition) is 6. The minimum atomic E-state index is -1.29. The lowest BCUT2D eigenvalue weighted by Gasteiger charge is -2.47. The molecule has 0 aromatic heterocycles. The maximum absolute atomic E-state index is 11.4. The van der Waals surface area contributed by atoms with Gasteiger partial charge in [0.05, 0.1) is 36.1 Å². The Kier molecular flexibility index (Phi) is 3.40. The predicted molar refractivity (Wildman–Crippen MR) is 80.9 cm³/mol. The van der Waals surface area contributed by atoms with Gasteiger partial charge in [-0.2, -0.15) is 0 Å². The van der Waals surface area contributed by atoms with Crippen LogP contribution >= 0.6 is 0 Å². The lowest BCUT2D eigenvalue weighted by molar-refractivity contribution is -0.178. The van der Waals surface area contributed by atoms with Gasteiger partial charge in [0.1, 0.15) is 12.4 Å². The summed E-state index contributed by atoms with van der Waals surface area (Å²) < 4.78 is 17.2. The van der Waals surface area contributed by atoms with Crippen molar-refractivity contribution in [2.75, 3.05) is 31.3 Å². The van der Waals surface area contributed by atoms with Crippen LogP contribution < -0.4 is 9.64 Å². The molecule has 1 atom stereocenters. The Morgan fingerprint density at radius 1 is 1.12 bits per heavy atom. The summed E-state index contributed by atoms with van der Waals surface area (Å²) in [7, 11) is 0. The summed E-state index contributed by atoms with van der Waals surface area (Å²) in [5, 5.41) is 18.5. The largest absolute Gasteiger partial charge is 0.489 e. The van der Waals surface area contributed by atoms with Crippen LogP contribution in [0.1, 0.15) is 33.6 Å². The fraction of sp³-hybridized carbons (Fsp3) is 0.500. The Bertz CT molecular complexity index is 711. The van der Waals surface area contributed by atoms with Crippen LogP contribution in [0.25, 0.3) is 0 Å². The highest BCUT2D eigenvalue weighted by atomic mass is 16.7. The maximum Gasteiger partial charge on any atom is 0.336 e. The number of aromatic carboxylic acids is 2. The normalized spacial score (nSPS) is 24.2. The maximum atomic E-state index is 11.4. The molecule has 2 saturated heterocycles. The van der Waals surface area contributed by atoms with E-state index in [9.17, 15) is 19.8 Å². The fourth-order valence-electron chi connectivity index (χ4n) is 3.72. The molecule has 0 amide bonds. The topological polar surface area (TPSA) is 106 Å². The molecule has 4 rings (SSSR count). The predicted octanol–water partition coefficient (Wildman–Crippen LogP) is 1.19. The van der Waals surface area contributed by atoms with Gasteiger partial charge in [0, 0.05) is 19.4 Å². The zero-order chi connectivity index (χ0) is 16.9. The van der Waals surface area contributed by atoms with Crippen molar-refractivity contribution in [1.29, 1.82) is 0 Å². The third-order valence-corrected chi connectivity index (χ3v) is 4.84. The highest BCUT2D eigenvalue weighted by Gasteiger charge is 2.46. The first-order valence-corrected chi connectivity index (χ1v) is 7.81. The molecule has 0 bridgehead atoms. The van der Waals surface area contributed by atoms with Gasteiger partial charge in [0.15, 0.2) is 5.79 Å². The van der Waals surface area contributed by atoms with Gasteiger partial charge in [-0.25, -0.2) is 9.59 Å². The number of nitrogens with zero attached hydrogens (tertiary/aromatic N) is 1. The molecule has 0 unspecified atom stereocenters. The van der Waals surface area contributed by atoms with Crippen molar-refractivity contribution in [3.8, 4) is 5.75 Å². The molecule has 3 aliphatic heterocycles. The summed E-state index contributed by atoms with van der Waals surface area (Å²) in [6.07, 6.45) is 1.31. The second-order valence-electron chi connectivity index (χ2n) is 6.20. The fourth-order valence-corrected chi connectivity index (χ4v) is 3.72. The first-order chi connectivity index (χ1) is 11.5. The van der Waals surface area contributed by atoms with Crippen LogP contribution in [-0.2, 0) is 9.47 Å². The zero-order valence-corrected chi connectivity index (χ0v) is 12.9. The monoisotopic (exact) mass is 335 g/mol. The van der Waals surface area contributed by atoms with E-state index in [0.717, 1.165) is 0 Å². The van der Waals surface area contributed by atoms with Crippen LogP contribution in [0.4, 0.5) is 5.69 Å². The molecule has 24 heavy (non-hydrogen) atoms. The molecule has 1 aromatic rings. The van der Waals surface area contributed by atoms with E-state index in [-0.39, 0.29) is 17.2 Å². The molecule has 3 aliphatic rings. The van der Waals surface area contributed by atoms with Crippen LogP contribution in [0.3, 0.4) is 0 Å². The summed E-state index contributed by atoms with van der Waals surface area (Å²) in [4.78, 5) is 24.8. The molecule has 2 N–H and O–H groups in total. The molecule has 1 aromatic carbocycles. The molecule has 3 heterocycles. The molecule has 1 spiro atoms. The van der Waals surface area contributed by atoms with E-state index in [0.29, 0.717) is 50.6 Å². The van der Waals surface area contributed by atoms with Crippen LogP contribution in [0.15, 0.2) is 12.1 Å². The van der Waals surface area contributed by atoms with Gasteiger partial charge in [0.2, 0.25) is 0 Å². The van der Waals surface area contributed by atoms with Crippen molar-refractivity contribution in [1.82, 2.24) is 0 Å². The van der Waals surface area contributed by atoms with Crippen LogP contribution in [0.2, 0.25) is 0 Å². The van der Waals surface area contributed by atoms with Gasteiger partial charge in [-0.3, -0.25) is 0 Å². The second-order valence-corrected chi connectivity index (χ2v) is 6.20. The van der Waals surface area contributed by atoms with Gasteiger partial charge < -0.3 is 29.3 Å². The number of carbonyl (C=O) groups is 2. The quantitative estimate of drug-likeness (QED) is 0.830. The van der Waals surface area contributed by atoms with E-state index in [2.05, 4.69) is 4.90 Å². The minimum Gasteiger partial charge on any atom is -0.489 e. The van der Waals surface area contributed by atoms with Gasteiger partial charge in [0.25, 0.3) is 0 Å². The molecule has 8 heteroatoms. The third-order valence-electron chi connectivity index (χ3n) is 4.84. The van der Waals surface area contributed by atoms with Gasteiger partial charge in [-0.1, -0.05) is 0 Å². The summed E-state index contributed by atoms with van der Waals surface area (Å²) in [6, 6.07) is 2.69. The van der Waals surface area contributed by atoms with E-state index in [1.54, 1.807) is 0 Å². The average molecular weight is 335 g/mol. The minimum absolute atomic E-state index is 0.00155. The van der Waals surface area contributed by atoms with E-state index < -0.39 is 17.7 Å². The zero-order valence-electron chi connectivity index (χ0n) is 12.9. The summed E-state index contributed by atoms with van der Waals surface area (Å²) in [6.45, 7) is 2.17. The SMILES string of the molecule is O=C(O)c1cc2c(cc1C(=O)O)N1CCC3(C[C@H]1CO2)OCCO3. The van der Waals surface area contributed by atoms with E-state index in [1.165, 1.54) is 12.1 Å². The number of piperidine rings is 1. The van der Waals surface area contributed by atoms with E-state index in [1.807, 2.05) is 0 Å². The first kappa shape index (κ1) is 15.2. The Labute approximate surface area is 137 Å². The van der Waals surface area contributed by atoms with Crippen LogP contribution in [0, 0.1) is 0 Å². The smallest absolute Gasteiger partial charge is 0.336 e. The van der Waals surface area contributed by atoms with Crippen molar-refractivity contribution in [2.45, 2.75) is 24.7 Å². The Balaban J connectivity index is 1.70. The molecule has 128 valence electrons. The van der Waals surface area contributed by atoms with Gasteiger partial charge in [-0.15, -0.1) is 0 Å². The number of fused-ring (bicyclic) bond motifs is 3. The van der Waals surface area contributed by atoms with Gasteiger partial charge >= 0.3 is 11.9 Å². The van der Waals surface area contributed by atoms with E-state index >= 15 is 0 Å². The highest BCUT2D eigenvalue weighted by molar-refractivity contribution is 6.03. The first-order valence-electron chi connectivity index (χ1n) is 7.81. The van der Waals surface area contributed by atoms with Crippen LogP contribution in [-0.4, -0.2) is 60.3 Å². The lowest BCUT2D eigenvalue weighted by atomic mass is 9.93. The van der Waals surface area contributed by atoms with Crippen molar-refractivity contribution in [3.63, 3.8) is 0 Å². The molecular formula is C16H17NO7. The third kappa shape index (κ3) is 2.30. The molecular weight excluding hydrogens is 318 g/mol. The van der Waals surface area contributed by atoms with Crippen LogP contribution in [0.5, 0.6) is 5.75 Å². The summed E-state index contributed by atoms with van der Waals surface area (Å²) >= 11 is 0. The van der Waals surface area contributed by atoms with Crippen molar-refractivity contribution in [2.24, 2.45) is 0 Å². The molecule has 0 aliphatic carbocycles. The van der Waals surface area contributed by atoms with Crippen molar-refractivity contribution in [3.05, 3.63) is 23.3 Å². The number of rotatable bonds is 2. The number of anilines is 1. The molecule has 0 saturated carbocycles.